The molecular formula is C14H23N3O4S. The van der Waals surface area contributed by atoms with E-state index in [1.807, 2.05) is 13.2 Å². The molecular weight excluding hydrogens is 306 g/mol. The predicted octanol–water partition coefficient (Wildman–Crippen LogP) is 0.739. The molecule has 2 saturated heterocycles. The van der Waals surface area contributed by atoms with Crippen molar-refractivity contribution in [2.75, 3.05) is 19.0 Å². The van der Waals surface area contributed by atoms with E-state index in [2.05, 4.69) is 9.82 Å². The monoisotopic (exact) mass is 329 g/mol. The first kappa shape index (κ1) is 15.9. The Hall–Kier alpha value is -0.960. The molecule has 0 amide bonds. The number of sulfonamides is 1. The van der Waals surface area contributed by atoms with Gasteiger partial charge in [-0.25, -0.2) is 13.1 Å². The van der Waals surface area contributed by atoms with Gasteiger partial charge < -0.3 is 9.47 Å². The summed E-state index contributed by atoms with van der Waals surface area (Å²) in [6, 6.07) is -0.246. The molecule has 7 nitrogen and oxygen atoms in total. The van der Waals surface area contributed by atoms with Gasteiger partial charge in [0.15, 0.2) is 0 Å². The van der Waals surface area contributed by atoms with E-state index >= 15 is 0 Å². The molecule has 0 spiro atoms. The minimum Gasteiger partial charge on any atom is -0.377 e. The molecule has 22 heavy (non-hydrogen) atoms. The molecule has 0 unspecified atom stereocenters. The maximum atomic E-state index is 12.4. The first-order chi connectivity index (χ1) is 10.5. The minimum atomic E-state index is -3.38. The number of nitrogens with one attached hydrogen (secondary N) is 1. The van der Waals surface area contributed by atoms with Gasteiger partial charge in [0.1, 0.15) is 6.10 Å². The van der Waals surface area contributed by atoms with Crippen LogP contribution in [0.5, 0.6) is 0 Å². The maximum absolute atomic E-state index is 12.4. The van der Waals surface area contributed by atoms with E-state index in [-0.39, 0.29) is 24.0 Å². The summed E-state index contributed by atoms with van der Waals surface area (Å²) >= 11 is 0. The largest absolute Gasteiger partial charge is 0.377 e. The summed E-state index contributed by atoms with van der Waals surface area (Å²) in [6.45, 7) is 1.30. The summed E-state index contributed by atoms with van der Waals surface area (Å²) in [7, 11) is -1.54. The zero-order valence-corrected chi connectivity index (χ0v) is 13.6. The Balaban J connectivity index is 1.68. The first-order valence-corrected chi connectivity index (χ1v) is 9.40. The second-order valence-corrected chi connectivity index (χ2v) is 7.82. The van der Waals surface area contributed by atoms with Crippen molar-refractivity contribution in [3.05, 3.63) is 18.0 Å². The van der Waals surface area contributed by atoms with Crippen LogP contribution in [0, 0.1) is 0 Å². The molecule has 0 radical (unpaired) electrons. The van der Waals surface area contributed by atoms with Gasteiger partial charge in [-0.3, -0.25) is 4.68 Å². The van der Waals surface area contributed by atoms with E-state index in [1.165, 1.54) is 0 Å². The van der Waals surface area contributed by atoms with Gasteiger partial charge in [-0.05, 0) is 25.7 Å². The molecule has 3 atom stereocenters. The van der Waals surface area contributed by atoms with Gasteiger partial charge in [-0.1, -0.05) is 0 Å². The zero-order valence-electron chi connectivity index (χ0n) is 12.8. The fourth-order valence-electron chi connectivity index (χ4n) is 3.12. The van der Waals surface area contributed by atoms with E-state index < -0.39 is 10.0 Å². The van der Waals surface area contributed by atoms with Gasteiger partial charge in [0, 0.05) is 32.0 Å². The molecule has 0 bridgehead atoms. The van der Waals surface area contributed by atoms with Crippen molar-refractivity contribution < 1.29 is 17.9 Å². The van der Waals surface area contributed by atoms with Crippen molar-refractivity contribution >= 4 is 10.0 Å². The lowest BCUT2D eigenvalue weighted by atomic mass is 9.99. The van der Waals surface area contributed by atoms with Crippen LogP contribution < -0.4 is 4.72 Å². The van der Waals surface area contributed by atoms with Crippen molar-refractivity contribution in [2.24, 2.45) is 7.05 Å². The smallest absolute Gasteiger partial charge is 0.214 e. The van der Waals surface area contributed by atoms with Crippen LogP contribution in [0.15, 0.2) is 12.4 Å². The molecule has 0 aliphatic carbocycles. The van der Waals surface area contributed by atoms with Gasteiger partial charge in [0.05, 0.1) is 24.1 Å². The highest BCUT2D eigenvalue weighted by atomic mass is 32.2. The number of aryl methyl sites for hydroxylation is 1. The van der Waals surface area contributed by atoms with Crippen molar-refractivity contribution in [2.45, 2.75) is 43.9 Å². The second kappa shape index (κ2) is 6.66. The fourth-order valence-corrected chi connectivity index (χ4v) is 4.67. The van der Waals surface area contributed by atoms with Gasteiger partial charge in [-0.2, -0.15) is 5.10 Å². The van der Waals surface area contributed by atoms with E-state index in [4.69, 9.17) is 9.47 Å². The molecule has 8 heteroatoms. The molecule has 3 rings (SSSR count). The van der Waals surface area contributed by atoms with E-state index in [0.29, 0.717) is 13.2 Å². The van der Waals surface area contributed by atoms with Crippen LogP contribution >= 0.6 is 0 Å². The van der Waals surface area contributed by atoms with Crippen molar-refractivity contribution in [3.8, 4) is 0 Å². The number of nitrogens with zero attached hydrogens (tertiary/aromatic N) is 2. The van der Waals surface area contributed by atoms with E-state index in [0.717, 1.165) is 31.2 Å². The molecule has 1 N–H and O–H groups in total. The molecule has 124 valence electrons. The highest BCUT2D eigenvalue weighted by Crippen LogP contribution is 2.28. The summed E-state index contributed by atoms with van der Waals surface area (Å²) in [5, 5.41) is 4.15. The summed E-state index contributed by atoms with van der Waals surface area (Å²) in [6.07, 6.45) is 6.52. The van der Waals surface area contributed by atoms with E-state index in [1.54, 1.807) is 10.9 Å². The summed E-state index contributed by atoms with van der Waals surface area (Å²) in [5.74, 6) is 0.0310. The standard InChI is InChI=1S/C14H23N3O4S/c1-17-9-11(8-15-17)14-13(5-3-7-21-14)16-22(18,19)10-12-4-2-6-20-12/h8-9,12-14,16H,2-7,10H2,1H3/t12-,13-,14+/m0/s1. The summed E-state index contributed by atoms with van der Waals surface area (Å²) < 4.78 is 40.5. The third kappa shape index (κ3) is 3.87. The van der Waals surface area contributed by atoms with Crippen LogP contribution in [-0.2, 0) is 26.5 Å². The first-order valence-electron chi connectivity index (χ1n) is 7.75. The minimum absolute atomic E-state index is 0.0310. The Morgan fingerprint density at radius 1 is 1.32 bits per heavy atom. The number of ether oxygens (including phenoxy) is 2. The van der Waals surface area contributed by atoms with Gasteiger partial charge in [0.2, 0.25) is 10.0 Å². The Kier molecular flexibility index (Phi) is 4.82. The molecule has 2 aliphatic rings. The Labute approximate surface area is 131 Å². The number of hydrogen-bond acceptors (Lipinski definition) is 5. The molecule has 0 saturated carbocycles. The SMILES string of the molecule is Cn1cc([C@H]2OCCC[C@@H]2NS(=O)(=O)C[C@@H]2CCCO2)cn1. The topological polar surface area (TPSA) is 82.5 Å². The Morgan fingerprint density at radius 3 is 2.77 bits per heavy atom. The normalized spacial score (nSPS) is 29.8. The molecule has 0 aromatic carbocycles. The highest BCUT2D eigenvalue weighted by Gasteiger charge is 2.33. The second-order valence-electron chi connectivity index (χ2n) is 6.02. The number of rotatable bonds is 5. The lowest BCUT2D eigenvalue weighted by Crippen LogP contribution is -2.44. The number of aromatic nitrogens is 2. The fraction of sp³-hybridized carbons (Fsp3) is 0.786. The van der Waals surface area contributed by atoms with Gasteiger partial charge >= 0.3 is 0 Å². The van der Waals surface area contributed by atoms with Gasteiger partial charge in [-0.15, -0.1) is 0 Å². The quantitative estimate of drug-likeness (QED) is 0.861. The van der Waals surface area contributed by atoms with Crippen LogP contribution in [0.1, 0.15) is 37.4 Å². The lowest BCUT2D eigenvalue weighted by molar-refractivity contribution is -0.00455. The van der Waals surface area contributed by atoms with Crippen molar-refractivity contribution in [3.63, 3.8) is 0 Å². The van der Waals surface area contributed by atoms with Crippen LogP contribution in [-0.4, -0.2) is 49.3 Å². The molecule has 3 heterocycles. The van der Waals surface area contributed by atoms with Crippen LogP contribution in [0.2, 0.25) is 0 Å². The highest BCUT2D eigenvalue weighted by molar-refractivity contribution is 7.89. The maximum Gasteiger partial charge on any atom is 0.214 e. The third-order valence-electron chi connectivity index (χ3n) is 4.14. The predicted molar refractivity (Wildman–Crippen MR) is 80.8 cm³/mol. The number of hydrogen-bond donors (Lipinski definition) is 1. The molecule has 1 aromatic heterocycles. The van der Waals surface area contributed by atoms with Crippen LogP contribution in [0.3, 0.4) is 0 Å². The Bertz CT molecular complexity index is 595. The van der Waals surface area contributed by atoms with Crippen LogP contribution in [0.25, 0.3) is 0 Å². The van der Waals surface area contributed by atoms with Crippen molar-refractivity contribution in [1.29, 1.82) is 0 Å². The van der Waals surface area contributed by atoms with Gasteiger partial charge in [0.25, 0.3) is 0 Å². The lowest BCUT2D eigenvalue weighted by Gasteiger charge is -2.31. The average Bonchev–Trinajstić information content (AvgIpc) is 3.10. The third-order valence-corrected chi connectivity index (χ3v) is 5.61. The zero-order chi connectivity index (χ0) is 15.6. The molecule has 1 aromatic rings. The van der Waals surface area contributed by atoms with E-state index in [9.17, 15) is 8.42 Å². The molecule has 2 fully saturated rings. The summed E-state index contributed by atoms with van der Waals surface area (Å²) in [4.78, 5) is 0. The average molecular weight is 329 g/mol. The summed E-state index contributed by atoms with van der Waals surface area (Å²) in [5.41, 5.74) is 0.909. The molecule has 2 aliphatic heterocycles. The van der Waals surface area contributed by atoms with Crippen LogP contribution in [0.4, 0.5) is 0 Å². The van der Waals surface area contributed by atoms with Crippen molar-refractivity contribution in [1.82, 2.24) is 14.5 Å². The Morgan fingerprint density at radius 2 is 2.09 bits per heavy atom.